The first-order chi connectivity index (χ1) is 7.68. The maximum atomic E-state index is 5.88. The zero-order valence-electron chi connectivity index (χ0n) is 9.36. The van der Waals surface area contributed by atoms with Gasteiger partial charge in [0, 0.05) is 16.4 Å². The summed E-state index contributed by atoms with van der Waals surface area (Å²) >= 11 is 0. The molecule has 16 heavy (non-hydrogen) atoms. The Labute approximate surface area is 93.7 Å². The first-order valence-electron chi connectivity index (χ1n) is 5.41. The number of rotatable bonds is 0. The lowest BCUT2D eigenvalue weighted by molar-refractivity contribution is 0.918. The molecule has 2 N–H and O–H groups in total. The molecule has 2 heterocycles. The van der Waals surface area contributed by atoms with Crippen molar-refractivity contribution in [1.82, 2.24) is 0 Å². The van der Waals surface area contributed by atoms with Crippen molar-refractivity contribution in [3.63, 3.8) is 0 Å². The van der Waals surface area contributed by atoms with Crippen LogP contribution in [0, 0.1) is 0 Å². The van der Waals surface area contributed by atoms with E-state index in [0.29, 0.717) is 5.84 Å². The summed E-state index contributed by atoms with van der Waals surface area (Å²) in [7, 11) is 0. The number of nitrogens with two attached hydrogens (primary N) is 1. The highest BCUT2D eigenvalue weighted by Gasteiger charge is 2.25. The predicted molar refractivity (Wildman–Crippen MR) is 64.4 cm³/mol. The first-order valence-corrected chi connectivity index (χ1v) is 5.41. The molecule has 0 aliphatic carbocycles. The van der Waals surface area contributed by atoms with E-state index in [1.165, 1.54) is 10.8 Å². The second-order valence-electron chi connectivity index (χ2n) is 4.21. The van der Waals surface area contributed by atoms with Crippen LogP contribution < -0.4 is 16.3 Å². The monoisotopic (exact) mass is 211 g/mol. The molecule has 80 valence electrons. The van der Waals surface area contributed by atoms with E-state index in [2.05, 4.69) is 23.0 Å². The predicted octanol–water partition coefficient (Wildman–Crippen LogP) is 0.504. The molecule has 1 atom stereocenters. The van der Waals surface area contributed by atoms with E-state index in [-0.39, 0.29) is 6.04 Å². The third-order valence-electron chi connectivity index (χ3n) is 3.17. The van der Waals surface area contributed by atoms with Crippen LogP contribution in [0.1, 0.15) is 13.8 Å². The second-order valence-corrected chi connectivity index (χ2v) is 4.21. The Hall–Kier alpha value is -1.90. The van der Waals surface area contributed by atoms with Crippen molar-refractivity contribution in [2.45, 2.75) is 19.9 Å². The van der Waals surface area contributed by atoms with Crippen LogP contribution in [0.2, 0.25) is 0 Å². The van der Waals surface area contributed by atoms with Crippen molar-refractivity contribution >= 4 is 11.4 Å². The molecule has 0 aromatic heterocycles. The Kier molecular flexibility index (Phi) is 1.78. The first kappa shape index (κ1) is 9.33. The van der Waals surface area contributed by atoms with Gasteiger partial charge >= 0.3 is 0 Å². The van der Waals surface area contributed by atoms with Gasteiger partial charge in [0.05, 0.1) is 17.1 Å². The summed E-state index contributed by atoms with van der Waals surface area (Å²) in [6.45, 7) is 4.04. The average molecular weight is 211 g/mol. The van der Waals surface area contributed by atoms with Crippen LogP contribution in [0.4, 0.5) is 0 Å². The summed E-state index contributed by atoms with van der Waals surface area (Å²) in [5, 5.41) is 2.23. The van der Waals surface area contributed by atoms with E-state index >= 15 is 0 Å². The van der Waals surface area contributed by atoms with Crippen molar-refractivity contribution < 1.29 is 0 Å². The molecule has 3 rings (SSSR count). The number of amidine groups is 1. The molecule has 0 saturated heterocycles. The standard InChI is InChI=1S/C13H13N3/c1-7-12-11(8(2)15-13(7)14)9-5-3-4-6-10(9)16-12/h3-6,8H,1-2H3,(H2,14,15). The fourth-order valence-corrected chi connectivity index (χ4v) is 2.31. The van der Waals surface area contributed by atoms with Gasteiger partial charge in [0.15, 0.2) is 0 Å². The lowest BCUT2D eigenvalue weighted by Crippen LogP contribution is -2.28. The van der Waals surface area contributed by atoms with Crippen molar-refractivity contribution in [2.24, 2.45) is 15.7 Å². The third-order valence-corrected chi connectivity index (χ3v) is 3.17. The van der Waals surface area contributed by atoms with Gasteiger partial charge in [-0.3, -0.25) is 4.99 Å². The summed E-state index contributed by atoms with van der Waals surface area (Å²) in [6, 6.07) is 8.27. The molecule has 1 unspecified atom stereocenters. The van der Waals surface area contributed by atoms with Crippen molar-refractivity contribution in [3.05, 3.63) is 46.1 Å². The summed E-state index contributed by atoms with van der Waals surface area (Å²) in [5.74, 6) is 0.614. The Bertz CT molecular complexity index is 650. The quantitative estimate of drug-likeness (QED) is 0.667. The second kappa shape index (κ2) is 3.04. The number of hydrogen-bond acceptors (Lipinski definition) is 3. The molecular weight excluding hydrogens is 198 g/mol. The maximum absolute atomic E-state index is 5.88. The van der Waals surface area contributed by atoms with E-state index in [0.717, 1.165) is 16.6 Å². The molecule has 0 saturated carbocycles. The summed E-state index contributed by atoms with van der Waals surface area (Å²) in [5.41, 5.74) is 9.09. The Morgan fingerprint density at radius 3 is 2.81 bits per heavy atom. The van der Waals surface area contributed by atoms with Gasteiger partial charge in [0.2, 0.25) is 0 Å². The van der Waals surface area contributed by atoms with Gasteiger partial charge in [-0.2, -0.15) is 0 Å². The molecule has 0 radical (unpaired) electrons. The van der Waals surface area contributed by atoms with Gasteiger partial charge < -0.3 is 5.73 Å². The minimum absolute atomic E-state index is 0.103. The zero-order valence-corrected chi connectivity index (χ0v) is 9.36. The van der Waals surface area contributed by atoms with Crippen molar-refractivity contribution in [2.75, 3.05) is 0 Å². The molecule has 2 aliphatic rings. The molecular formula is C13H13N3. The topological polar surface area (TPSA) is 50.7 Å². The van der Waals surface area contributed by atoms with Crippen LogP contribution >= 0.6 is 0 Å². The Morgan fingerprint density at radius 1 is 1.25 bits per heavy atom. The van der Waals surface area contributed by atoms with E-state index in [1.54, 1.807) is 0 Å². The van der Waals surface area contributed by atoms with Crippen LogP contribution in [0.25, 0.3) is 5.57 Å². The van der Waals surface area contributed by atoms with Gasteiger partial charge in [-0.1, -0.05) is 18.2 Å². The average Bonchev–Trinajstić information content (AvgIpc) is 2.65. The van der Waals surface area contributed by atoms with E-state index in [1.807, 2.05) is 25.1 Å². The summed E-state index contributed by atoms with van der Waals surface area (Å²) in [6.07, 6.45) is 0. The molecule has 1 aromatic carbocycles. The number of dihydropyridines is 1. The number of hydrogen-bond donors (Lipinski definition) is 1. The van der Waals surface area contributed by atoms with E-state index in [4.69, 9.17) is 5.73 Å². The Morgan fingerprint density at radius 2 is 2.00 bits per heavy atom. The minimum Gasteiger partial charge on any atom is -0.384 e. The fourth-order valence-electron chi connectivity index (χ4n) is 2.31. The molecule has 3 heteroatoms. The number of nitrogens with zero attached hydrogens (tertiary/aromatic N) is 2. The van der Waals surface area contributed by atoms with Crippen molar-refractivity contribution in [1.29, 1.82) is 0 Å². The third kappa shape index (κ3) is 1.08. The van der Waals surface area contributed by atoms with Crippen LogP contribution in [-0.2, 0) is 0 Å². The molecule has 1 aromatic rings. The molecule has 0 spiro atoms. The minimum atomic E-state index is 0.103. The fraction of sp³-hybridized carbons (Fsp3) is 0.231. The van der Waals surface area contributed by atoms with Crippen LogP contribution in [0.15, 0.2) is 45.5 Å². The molecule has 3 nitrogen and oxygen atoms in total. The highest BCUT2D eigenvalue weighted by atomic mass is 14.9. The highest BCUT2D eigenvalue weighted by molar-refractivity contribution is 6.02. The van der Waals surface area contributed by atoms with Gasteiger partial charge in [-0.05, 0) is 19.9 Å². The van der Waals surface area contributed by atoms with Crippen LogP contribution in [0.3, 0.4) is 0 Å². The molecule has 2 aliphatic heterocycles. The lowest BCUT2D eigenvalue weighted by atomic mass is 9.97. The van der Waals surface area contributed by atoms with E-state index < -0.39 is 0 Å². The highest BCUT2D eigenvalue weighted by Crippen LogP contribution is 2.27. The van der Waals surface area contributed by atoms with Crippen LogP contribution in [-0.4, -0.2) is 11.9 Å². The smallest absolute Gasteiger partial charge is 0.124 e. The zero-order chi connectivity index (χ0) is 11.3. The van der Waals surface area contributed by atoms with Gasteiger partial charge in [0.25, 0.3) is 0 Å². The number of benzene rings is 1. The summed E-state index contributed by atoms with van der Waals surface area (Å²) in [4.78, 5) is 9.08. The van der Waals surface area contributed by atoms with Gasteiger partial charge in [-0.15, -0.1) is 0 Å². The van der Waals surface area contributed by atoms with E-state index in [9.17, 15) is 0 Å². The Balaban J connectivity index is 2.44. The normalized spacial score (nSPS) is 22.5. The molecule has 0 fully saturated rings. The number of aliphatic imine (C=N–C) groups is 1. The van der Waals surface area contributed by atoms with Gasteiger partial charge in [-0.25, -0.2) is 4.99 Å². The summed E-state index contributed by atoms with van der Waals surface area (Å²) < 4.78 is 0. The van der Waals surface area contributed by atoms with Crippen molar-refractivity contribution in [3.8, 4) is 0 Å². The molecule has 0 bridgehead atoms. The lowest BCUT2D eigenvalue weighted by Gasteiger charge is -2.19. The largest absolute Gasteiger partial charge is 0.384 e. The van der Waals surface area contributed by atoms with Crippen LogP contribution in [0.5, 0.6) is 0 Å². The van der Waals surface area contributed by atoms with Gasteiger partial charge in [0.1, 0.15) is 5.84 Å². The SMILES string of the molecule is CC1=C2N=c3ccccc3=C2C(C)N=C1N. The maximum Gasteiger partial charge on any atom is 0.124 e. The number of para-hydroxylation sites is 1. The number of fused-ring (bicyclic) bond motifs is 2. The molecule has 0 amide bonds.